The summed E-state index contributed by atoms with van der Waals surface area (Å²) in [7, 11) is 1.77. The highest BCUT2D eigenvalue weighted by molar-refractivity contribution is 5.27. The summed E-state index contributed by atoms with van der Waals surface area (Å²) in [6, 6.07) is 9.58. The van der Waals surface area contributed by atoms with Crippen LogP contribution in [-0.2, 0) is 11.3 Å². The summed E-state index contributed by atoms with van der Waals surface area (Å²) in [5, 5.41) is 3.58. The molecule has 18 heavy (non-hydrogen) atoms. The average molecular weight is 247 g/mol. The molecule has 1 aliphatic carbocycles. The van der Waals surface area contributed by atoms with E-state index in [0.29, 0.717) is 6.04 Å². The Balaban J connectivity index is 1.80. The summed E-state index contributed by atoms with van der Waals surface area (Å²) >= 11 is 0. The van der Waals surface area contributed by atoms with Gasteiger partial charge in [-0.25, -0.2) is 0 Å². The van der Waals surface area contributed by atoms with Crippen LogP contribution in [0.3, 0.4) is 0 Å². The van der Waals surface area contributed by atoms with Gasteiger partial charge in [-0.05, 0) is 36.3 Å². The largest absolute Gasteiger partial charge is 0.383 e. The normalized spacial score (nSPS) is 16.8. The monoisotopic (exact) mass is 247 g/mol. The van der Waals surface area contributed by atoms with E-state index in [9.17, 15) is 0 Å². The number of nitrogens with one attached hydrogen (secondary N) is 1. The Labute approximate surface area is 111 Å². The Morgan fingerprint density at radius 1 is 1.28 bits per heavy atom. The van der Waals surface area contributed by atoms with Crippen molar-refractivity contribution < 1.29 is 4.74 Å². The number of ether oxygens (including phenoxy) is 1. The minimum absolute atomic E-state index is 0.475. The molecular formula is C16H25NO. The smallest absolute Gasteiger partial charge is 0.0615 e. The lowest BCUT2D eigenvalue weighted by Crippen LogP contribution is -2.32. The van der Waals surface area contributed by atoms with Gasteiger partial charge >= 0.3 is 0 Å². The number of hydrogen-bond acceptors (Lipinski definition) is 2. The van der Waals surface area contributed by atoms with E-state index in [1.165, 1.54) is 36.8 Å². The van der Waals surface area contributed by atoms with Gasteiger partial charge in [-0.2, -0.15) is 0 Å². The molecule has 0 bridgehead atoms. The highest BCUT2D eigenvalue weighted by Gasteiger charge is 2.22. The third-order valence-corrected chi connectivity index (χ3v) is 3.63. The van der Waals surface area contributed by atoms with Gasteiger partial charge in [0.1, 0.15) is 0 Å². The second kappa shape index (κ2) is 6.91. The molecule has 0 aliphatic heterocycles. The van der Waals surface area contributed by atoms with Gasteiger partial charge < -0.3 is 10.1 Å². The molecule has 1 atom stereocenters. The average Bonchev–Trinajstić information content (AvgIpc) is 3.21. The van der Waals surface area contributed by atoms with Crippen molar-refractivity contribution in [3.63, 3.8) is 0 Å². The Bertz CT molecular complexity index is 337. The number of hydrogen-bond donors (Lipinski definition) is 1. The lowest BCUT2D eigenvalue weighted by atomic mass is 10.1. The van der Waals surface area contributed by atoms with Gasteiger partial charge in [0.05, 0.1) is 6.61 Å². The van der Waals surface area contributed by atoms with Gasteiger partial charge in [-0.3, -0.25) is 0 Å². The topological polar surface area (TPSA) is 21.3 Å². The maximum absolute atomic E-state index is 5.24. The molecule has 1 aliphatic rings. The van der Waals surface area contributed by atoms with E-state index < -0.39 is 0 Å². The van der Waals surface area contributed by atoms with E-state index in [2.05, 4.69) is 36.5 Å². The van der Waals surface area contributed by atoms with E-state index in [1.54, 1.807) is 7.11 Å². The van der Waals surface area contributed by atoms with Crippen LogP contribution in [0, 0.1) is 0 Å². The fraction of sp³-hybridized carbons (Fsp3) is 0.625. The van der Waals surface area contributed by atoms with Crippen LogP contribution in [0.5, 0.6) is 0 Å². The van der Waals surface area contributed by atoms with Crippen LogP contribution in [0.25, 0.3) is 0 Å². The Kier molecular flexibility index (Phi) is 5.21. The Morgan fingerprint density at radius 3 is 2.56 bits per heavy atom. The van der Waals surface area contributed by atoms with Crippen molar-refractivity contribution >= 4 is 0 Å². The van der Waals surface area contributed by atoms with E-state index in [1.807, 2.05) is 0 Å². The second-order valence-corrected chi connectivity index (χ2v) is 5.34. The molecule has 1 aromatic rings. The molecule has 0 aromatic heterocycles. The zero-order valence-corrected chi connectivity index (χ0v) is 11.6. The van der Waals surface area contributed by atoms with Crippen molar-refractivity contribution in [3.05, 3.63) is 35.4 Å². The van der Waals surface area contributed by atoms with Crippen LogP contribution in [0.1, 0.15) is 49.7 Å². The first-order valence-electron chi connectivity index (χ1n) is 7.14. The molecule has 2 heteroatoms. The van der Waals surface area contributed by atoms with Crippen molar-refractivity contribution in [2.75, 3.05) is 13.7 Å². The first-order valence-corrected chi connectivity index (χ1v) is 7.14. The molecule has 1 saturated carbocycles. The van der Waals surface area contributed by atoms with Gasteiger partial charge in [0.15, 0.2) is 0 Å². The standard InChI is InChI=1S/C16H25NO/c1-3-4-16(12-18-2)17-11-13-5-7-14(8-6-13)15-9-10-15/h5-8,15-17H,3-4,9-12H2,1-2H3. The molecule has 0 saturated heterocycles. The molecule has 2 rings (SSSR count). The third kappa shape index (κ3) is 4.11. The highest BCUT2D eigenvalue weighted by atomic mass is 16.5. The van der Waals surface area contributed by atoms with Crippen molar-refractivity contribution in [3.8, 4) is 0 Å². The summed E-state index contributed by atoms with van der Waals surface area (Å²) in [5.41, 5.74) is 2.89. The van der Waals surface area contributed by atoms with Crippen molar-refractivity contribution in [2.24, 2.45) is 0 Å². The van der Waals surface area contributed by atoms with Crippen LogP contribution < -0.4 is 5.32 Å². The molecule has 1 N–H and O–H groups in total. The first kappa shape index (κ1) is 13.6. The van der Waals surface area contributed by atoms with Gasteiger partial charge in [-0.1, -0.05) is 37.6 Å². The SMILES string of the molecule is CCCC(COC)NCc1ccc(C2CC2)cc1. The van der Waals surface area contributed by atoms with Crippen molar-refractivity contribution in [2.45, 2.75) is 51.1 Å². The fourth-order valence-corrected chi connectivity index (χ4v) is 2.38. The second-order valence-electron chi connectivity index (χ2n) is 5.34. The molecule has 0 heterocycles. The summed E-state index contributed by atoms with van der Waals surface area (Å²) in [6.07, 6.45) is 5.13. The highest BCUT2D eigenvalue weighted by Crippen LogP contribution is 2.39. The summed E-state index contributed by atoms with van der Waals surface area (Å²) in [4.78, 5) is 0. The molecule has 2 nitrogen and oxygen atoms in total. The lowest BCUT2D eigenvalue weighted by Gasteiger charge is -2.17. The third-order valence-electron chi connectivity index (χ3n) is 3.63. The molecule has 0 radical (unpaired) electrons. The molecule has 0 spiro atoms. The van der Waals surface area contributed by atoms with Crippen molar-refractivity contribution in [1.29, 1.82) is 0 Å². The van der Waals surface area contributed by atoms with Crippen LogP contribution in [-0.4, -0.2) is 19.8 Å². The maximum Gasteiger partial charge on any atom is 0.0615 e. The quantitative estimate of drug-likeness (QED) is 0.759. The fourth-order valence-electron chi connectivity index (χ4n) is 2.38. The predicted molar refractivity (Wildman–Crippen MR) is 75.8 cm³/mol. The maximum atomic E-state index is 5.24. The van der Waals surface area contributed by atoms with Crippen LogP contribution in [0.15, 0.2) is 24.3 Å². The van der Waals surface area contributed by atoms with Crippen LogP contribution in [0.2, 0.25) is 0 Å². The molecule has 0 amide bonds. The van der Waals surface area contributed by atoms with E-state index in [0.717, 1.165) is 19.1 Å². The minimum atomic E-state index is 0.475. The Hall–Kier alpha value is -0.860. The molecule has 100 valence electrons. The van der Waals surface area contributed by atoms with Gasteiger partial charge in [-0.15, -0.1) is 0 Å². The zero-order valence-electron chi connectivity index (χ0n) is 11.6. The number of methoxy groups -OCH3 is 1. The Morgan fingerprint density at radius 2 is 2.00 bits per heavy atom. The minimum Gasteiger partial charge on any atom is -0.383 e. The number of rotatable bonds is 8. The van der Waals surface area contributed by atoms with Crippen molar-refractivity contribution in [1.82, 2.24) is 5.32 Å². The molecular weight excluding hydrogens is 222 g/mol. The predicted octanol–water partition coefficient (Wildman–Crippen LogP) is 3.47. The lowest BCUT2D eigenvalue weighted by molar-refractivity contribution is 0.161. The van der Waals surface area contributed by atoms with Gasteiger partial charge in [0.25, 0.3) is 0 Å². The number of benzene rings is 1. The van der Waals surface area contributed by atoms with Gasteiger partial charge in [0.2, 0.25) is 0 Å². The summed E-state index contributed by atoms with van der Waals surface area (Å²) < 4.78 is 5.24. The van der Waals surface area contributed by atoms with Crippen LogP contribution in [0.4, 0.5) is 0 Å². The van der Waals surface area contributed by atoms with Gasteiger partial charge in [0, 0.05) is 19.7 Å². The van der Waals surface area contributed by atoms with Crippen LogP contribution >= 0.6 is 0 Å². The molecule has 1 aromatic carbocycles. The summed E-state index contributed by atoms with van der Waals surface area (Å²) in [6.45, 7) is 3.96. The molecule has 1 fully saturated rings. The molecule has 1 unspecified atom stereocenters. The zero-order chi connectivity index (χ0) is 12.8. The van der Waals surface area contributed by atoms with E-state index in [-0.39, 0.29) is 0 Å². The summed E-state index contributed by atoms with van der Waals surface area (Å²) in [5.74, 6) is 0.855. The van der Waals surface area contributed by atoms with E-state index >= 15 is 0 Å². The van der Waals surface area contributed by atoms with E-state index in [4.69, 9.17) is 4.74 Å². The first-order chi connectivity index (χ1) is 8.83.